The summed E-state index contributed by atoms with van der Waals surface area (Å²) in [5, 5.41) is 31.2. The fourth-order valence-corrected chi connectivity index (χ4v) is 4.44. The van der Waals surface area contributed by atoms with Crippen molar-refractivity contribution >= 4 is 5.97 Å². The number of hydrogen-bond donors (Lipinski definition) is 3. The van der Waals surface area contributed by atoms with Crippen LogP contribution in [0.25, 0.3) is 0 Å². The standard InChI is InChI=1S/C26H40O5/c1-2-18-31-26(30)13-9-4-3-8-12-22-23(25(29)19-24(22)28)17-16-21(27)15-14-20-10-6-5-7-11-20/h3,5-8,10-11,21-25,27-29H,2,4,9,12-19H2,1H3/b8-3-/t21-,22+,23+,24-,25+/m0/s1. The quantitative estimate of drug-likeness (QED) is 0.233. The molecule has 2 rings (SSSR count). The van der Waals surface area contributed by atoms with Gasteiger partial charge in [-0.1, -0.05) is 49.4 Å². The molecule has 1 aliphatic carbocycles. The van der Waals surface area contributed by atoms with E-state index < -0.39 is 18.3 Å². The molecule has 1 fully saturated rings. The topological polar surface area (TPSA) is 87.0 Å². The van der Waals surface area contributed by atoms with E-state index in [2.05, 4.69) is 24.3 Å². The third kappa shape index (κ3) is 9.55. The van der Waals surface area contributed by atoms with Crippen LogP contribution >= 0.6 is 0 Å². The van der Waals surface area contributed by atoms with E-state index in [9.17, 15) is 20.1 Å². The van der Waals surface area contributed by atoms with Crippen molar-refractivity contribution < 1.29 is 24.9 Å². The molecule has 0 bridgehead atoms. The highest BCUT2D eigenvalue weighted by Gasteiger charge is 2.40. The Bertz CT molecular complexity index is 644. The molecule has 0 aromatic heterocycles. The van der Waals surface area contributed by atoms with Crippen LogP contribution < -0.4 is 0 Å². The van der Waals surface area contributed by atoms with Crippen molar-refractivity contribution in [1.29, 1.82) is 0 Å². The lowest BCUT2D eigenvalue weighted by Gasteiger charge is -2.23. The molecule has 1 aromatic carbocycles. The molecule has 0 spiro atoms. The highest BCUT2D eigenvalue weighted by Crippen LogP contribution is 2.38. The second-order valence-electron chi connectivity index (χ2n) is 8.77. The molecular weight excluding hydrogens is 392 g/mol. The Balaban J connectivity index is 1.69. The maximum absolute atomic E-state index is 11.5. The largest absolute Gasteiger partial charge is 0.466 e. The Morgan fingerprint density at radius 3 is 2.61 bits per heavy atom. The monoisotopic (exact) mass is 432 g/mol. The van der Waals surface area contributed by atoms with Crippen LogP contribution in [0.2, 0.25) is 0 Å². The van der Waals surface area contributed by atoms with E-state index in [1.54, 1.807) is 0 Å². The number of carbonyl (C=O) groups is 1. The van der Waals surface area contributed by atoms with Crippen LogP contribution in [0.1, 0.15) is 70.3 Å². The van der Waals surface area contributed by atoms with Crippen molar-refractivity contribution in [3.05, 3.63) is 48.0 Å². The summed E-state index contributed by atoms with van der Waals surface area (Å²) in [6.45, 7) is 2.46. The molecule has 5 nitrogen and oxygen atoms in total. The average Bonchev–Trinajstić information content (AvgIpc) is 3.04. The maximum atomic E-state index is 11.5. The van der Waals surface area contributed by atoms with Crippen LogP contribution in [0.15, 0.2) is 42.5 Å². The molecule has 0 amide bonds. The van der Waals surface area contributed by atoms with Crippen molar-refractivity contribution in [3.63, 3.8) is 0 Å². The van der Waals surface area contributed by atoms with E-state index in [1.165, 1.54) is 5.56 Å². The summed E-state index contributed by atoms with van der Waals surface area (Å²) in [6, 6.07) is 10.1. The molecule has 0 unspecified atom stereocenters. The molecular formula is C26H40O5. The van der Waals surface area contributed by atoms with Gasteiger partial charge in [0.15, 0.2) is 0 Å². The average molecular weight is 433 g/mol. The molecule has 1 saturated carbocycles. The number of hydrogen-bond acceptors (Lipinski definition) is 5. The van der Waals surface area contributed by atoms with Crippen molar-refractivity contribution in [2.45, 2.75) is 89.4 Å². The maximum Gasteiger partial charge on any atom is 0.305 e. The zero-order valence-electron chi connectivity index (χ0n) is 18.9. The minimum atomic E-state index is -0.511. The van der Waals surface area contributed by atoms with Crippen LogP contribution in [0, 0.1) is 11.8 Å². The molecule has 3 N–H and O–H groups in total. The first kappa shape index (κ1) is 25.6. The SMILES string of the molecule is CCCOC(=O)CCC/C=C\C[C@@H]1[C@@H](CC[C@@H](O)CCc2ccccc2)[C@H](O)C[C@@H]1O. The van der Waals surface area contributed by atoms with Gasteiger partial charge in [-0.15, -0.1) is 0 Å². The van der Waals surface area contributed by atoms with Crippen molar-refractivity contribution in [2.75, 3.05) is 6.61 Å². The molecule has 31 heavy (non-hydrogen) atoms. The van der Waals surface area contributed by atoms with E-state index in [0.29, 0.717) is 38.7 Å². The lowest BCUT2D eigenvalue weighted by Crippen LogP contribution is -2.23. The highest BCUT2D eigenvalue weighted by atomic mass is 16.5. The highest BCUT2D eigenvalue weighted by molar-refractivity contribution is 5.69. The molecule has 0 radical (unpaired) electrons. The van der Waals surface area contributed by atoms with Gasteiger partial charge in [0.25, 0.3) is 0 Å². The fraction of sp³-hybridized carbons (Fsp3) is 0.654. The number of benzene rings is 1. The number of allylic oxidation sites excluding steroid dienone is 2. The van der Waals surface area contributed by atoms with E-state index in [1.807, 2.05) is 25.1 Å². The number of esters is 1. The first-order valence-corrected chi connectivity index (χ1v) is 11.9. The predicted molar refractivity (Wildman–Crippen MR) is 122 cm³/mol. The van der Waals surface area contributed by atoms with Gasteiger partial charge < -0.3 is 20.1 Å². The molecule has 1 aliphatic rings. The van der Waals surface area contributed by atoms with Crippen LogP contribution in [-0.2, 0) is 16.0 Å². The van der Waals surface area contributed by atoms with E-state index in [4.69, 9.17) is 4.74 Å². The zero-order chi connectivity index (χ0) is 22.5. The number of aliphatic hydroxyl groups excluding tert-OH is 3. The Morgan fingerprint density at radius 1 is 1.13 bits per heavy atom. The number of unbranched alkanes of at least 4 members (excludes halogenated alkanes) is 1. The number of rotatable bonds is 14. The van der Waals surface area contributed by atoms with E-state index in [-0.39, 0.29) is 17.8 Å². The van der Waals surface area contributed by atoms with Crippen molar-refractivity contribution in [1.82, 2.24) is 0 Å². The third-order valence-corrected chi connectivity index (χ3v) is 6.26. The zero-order valence-corrected chi connectivity index (χ0v) is 18.9. The summed E-state index contributed by atoms with van der Waals surface area (Å²) in [7, 11) is 0. The molecule has 0 heterocycles. The van der Waals surface area contributed by atoms with Gasteiger partial charge in [-0.2, -0.15) is 0 Å². The number of carbonyl (C=O) groups excluding carboxylic acids is 1. The minimum absolute atomic E-state index is 0.00930. The summed E-state index contributed by atoms with van der Waals surface area (Å²) in [5.74, 6) is -0.118. The summed E-state index contributed by atoms with van der Waals surface area (Å²) >= 11 is 0. The van der Waals surface area contributed by atoms with Crippen molar-refractivity contribution in [3.8, 4) is 0 Å². The molecule has 174 valence electrons. The predicted octanol–water partition coefficient (Wildman–Crippen LogP) is 4.19. The Labute approximate surface area is 187 Å². The Kier molecular flexibility index (Phi) is 11.9. The lowest BCUT2D eigenvalue weighted by atomic mass is 9.85. The molecule has 5 heteroatoms. The van der Waals surface area contributed by atoms with Crippen LogP contribution in [0.5, 0.6) is 0 Å². The van der Waals surface area contributed by atoms with Crippen LogP contribution in [0.3, 0.4) is 0 Å². The number of aliphatic hydroxyl groups is 3. The van der Waals surface area contributed by atoms with E-state index in [0.717, 1.165) is 32.1 Å². The van der Waals surface area contributed by atoms with Crippen molar-refractivity contribution in [2.24, 2.45) is 11.8 Å². The van der Waals surface area contributed by atoms with Gasteiger partial charge in [-0.05, 0) is 75.2 Å². The molecule has 0 aliphatic heterocycles. The summed E-state index contributed by atoms with van der Waals surface area (Å²) < 4.78 is 5.06. The van der Waals surface area contributed by atoms with Gasteiger partial charge in [0.05, 0.1) is 24.9 Å². The summed E-state index contributed by atoms with van der Waals surface area (Å²) in [4.78, 5) is 11.5. The van der Waals surface area contributed by atoms with Gasteiger partial charge in [-0.3, -0.25) is 4.79 Å². The van der Waals surface area contributed by atoms with Gasteiger partial charge in [-0.25, -0.2) is 0 Å². The summed E-state index contributed by atoms with van der Waals surface area (Å²) in [5.41, 5.74) is 1.22. The smallest absolute Gasteiger partial charge is 0.305 e. The van der Waals surface area contributed by atoms with Crippen LogP contribution in [-0.4, -0.2) is 46.2 Å². The lowest BCUT2D eigenvalue weighted by molar-refractivity contribution is -0.143. The summed E-state index contributed by atoms with van der Waals surface area (Å²) in [6.07, 6.45) is 9.56. The van der Waals surface area contributed by atoms with Crippen LogP contribution in [0.4, 0.5) is 0 Å². The minimum Gasteiger partial charge on any atom is -0.466 e. The number of aryl methyl sites for hydroxylation is 1. The molecule has 5 atom stereocenters. The molecule has 0 saturated heterocycles. The van der Waals surface area contributed by atoms with Gasteiger partial charge >= 0.3 is 5.97 Å². The fourth-order valence-electron chi connectivity index (χ4n) is 4.44. The first-order chi connectivity index (χ1) is 15.0. The normalized spacial score (nSPS) is 24.5. The molecule has 1 aromatic rings. The Morgan fingerprint density at radius 2 is 1.87 bits per heavy atom. The second-order valence-corrected chi connectivity index (χ2v) is 8.77. The van der Waals surface area contributed by atoms with Gasteiger partial charge in [0, 0.05) is 6.42 Å². The van der Waals surface area contributed by atoms with Gasteiger partial charge in [0.1, 0.15) is 0 Å². The van der Waals surface area contributed by atoms with Gasteiger partial charge in [0.2, 0.25) is 0 Å². The second kappa shape index (κ2) is 14.4. The Hall–Kier alpha value is -1.69. The van der Waals surface area contributed by atoms with E-state index >= 15 is 0 Å². The number of ether oxygens (including phenoxy) is 1. The first-order valence-electron chi connectivity index (χ1n) is 11.9. The third-order valence-electron chi connectivity index (χ3n) is 6.26.